The Bertz CT molecular complexity index is 1260. The fraction of sp³-hybridized carbons (Fsp3) is 0.136. The molecule has 0 aliphatic carbocycles. The molecule has 148 valence electrons. The van der Waals surface area contributed by atoms with Crippen LogP contribution in [-0.2, 0) is 29.9 Å². The van der Waals surface area contributed by atoms with Crippen molar-refractivity contribution in [1.82, 2.24) is 9.55 Å². The van der Waals surface area contributed by atoms with E-state index in [1.807, 2.05) is 43.4 Å². The first-order valence-electron chi connectivity index (χ1n) is 9.20. The Hall–Kier alpha value is -2.64. The molecule has 0 radical (unpaired) electrons. The molecule has 0 saturated heterocycles. The summed E-state index contributed by atoms with van der Waals surface area (Å²) in [6, 6.07) is 22.1. The minimum Gasteiger partial charge on any atom is -0.331 e. The van der Waals surface area contributed by atoms with Gasteiger partial charge in [0.2, 0.25) is 0 Å². The molecule has 0 aliphatic heterocycles. The first-order valence-corrected chi connectivity index (χ1v) is 11.5. The Labute approximate surface area is 178 Å². The molecular formula is C22H20BrN3O2S. The van der Waals surface area contributed by atoms with E-state index < -0.39 is 10.0 Å². The van der Waals surface area contributed by atoms with Gasteiger partial charge in [0.25, 0.3) is 10.0 Å². The van der Waals surface area contributed by atoms with Gasteiger partial charge in [0.1, 0.15) is 5.82 Å². The molecule has 4 aromatic rings. The Morgan fingerprint density at radius 1 is 0.966 bits per heavy atom. The zero-order chi connectivity index (χ0) is 20.4. The number of hydrogen-bond acceptors (Lipinski definition) is 3. The minimum atomic E-state index is -3.63. The van der Waals surface area contributed by atoms with Gasteiger partial charge in [-0.05, 0) is 60.5 Å². The summed E-state index contributed by atoms with van der Waals surface area (Å²) < 4.78 is 30.8. The van der Waals surface area contributed by atoms with Crippen molar-refractivity contribution in [1.29, 1.82) is 0 Å². The molecule has 1 heterocycles. The molecule has 0 amide bonds. The number of aryl methyl sites for hydroxylation is 3. The van der Waals surface area contributed by atoms with Crippen LogP contribution in [0, 0.1) is 0 Å². The van der Waals surface area contributed by atoms with Gasteiger partial charge in [-0.15, -0.1) is 0 Å². The van der Waals surface area contributed by atoms with E-state index in [1.165, 1.54) is 0 Å². The SMILES string of the molecule is Cn1c(CCc2cccc(NS(=O)(=O)c3ccc(Br)cc3)c2)nc2ccccc21. The van der Waals surface area contributed by atoms with E-state index in [-0.39, 0.29) is 4.90 Å². The molecule has 0 atom stereocenters. The third-order valence-electron chi connectivity index (χ3n) is 4.82. The van der Waals surface area contributed by atoms with Gasteiger partial charge < -0.3 is 4.57 Å². The van der Waals surface area contributed by atoms with Crippen LogP contribution >= 0.6 is 15.9 Å². The normalized spacial score (nSPS) is 11.7. The molecule has 3 aromatic carbocycles. The predicted octanol–water partition coefficient (Wildman–Crippen LogP) is 4.92. The molecule has 0 saturated carbocycles. The molecule has 29 heavy (non-hydrogen) atoms. The lowest BCUT2D eigenvalue weighted by Gasteiger charge is -2.10. The molecular weight excluding hydrogens is 450 g/mol. The lowest BCUT2D eigenvalue weighted by atomic mass is 10.1. The van der Waals surface area contributed by atoms with E-state index >= 15 is 0 Å². The van der Waals surface area contributed by atoms with Crippen LogP contribution in [0.4, 0.5) is 5.69 Å². The topological polar surface area (TPSA) is 64.0 Å². The second-order valence-corrected chi connectivity index (χ2v) is 9.43. The van der Waals surface area contributed by atoms with Gasteiger partial charge in [0, 0.05) is 23.6 Å². The van der Waals surface area contributed by atoms with Crippen molar-refractivity contribution in [2.45, 2.75) is 17.7 Å². The van der Waals surface area contributed by atoms with Crippen LogP contribution in [0.15, 0.2) is 82.2 Å². The van der Waals surface area contributed by atoms with Crippen molar-refractivity contribution in [2.75, 3.05) is 4.72 Å². The van der Waals surface area contributed by atoms with Crippen molar-refractivity contribution >= 4 is 42.7 Å². The molecule has 0 aliphatic rings. The van der Waals surface area contributed by atoms with Gasteiger partial charge in [-0.25, -0.2) is 13.4 Å². The fourth-order valence-electron chi connectivity index (χ4n) is 3.29. The zero-order valence-electron chi connectivity index (χ0n) is 15.8. The van der Waals surface area contributed by atoms with Crippen LogP contribution in [-0.4, -0.2) is 18.0 Å². The summed E-state index contributed by atoms with van der Waals surface area (Å²) >= 11 is 3.32. The number of benzene rings is 3. The number of para-hydroxylation sites is 2. The Morgan fingerprint density at radius 2 is 1.72 bits per heavy atom. The van der Waals surface area contributed by atoms with Gasteiger partial charge in [0.05, 0.1) is 15.9 Å². The van der Waals surface area contributed by atoms with Gasteiger partial charge >= 0.3 is 0 Å². The van der Waals surface area contributed by atoms with E-state index in [4.69, 9.17) is 4.98 Å². The number of fused-ring (bicyclic) bond motifs is 1. The van der Waals surface area contributed by atoms with E-state index in [0.29, 0.717) is 5.69 Å². The molecule has 4 rings (SSSR count). The van der Waals surface area contributed by atoms with Crippen molar-refractivity contribution in [3.63, 3.8) is 0 Å². The first kappa shape index (κ1) is 19.7. The Balaban J connectivity index is 1.50. The highest BCUT2D eigenvalue weighted by atomic mass is 79.9. The number of aromatic nitrogens is 2. The lowest BCUT2D eigenvalue weighted by Crippen LogP contribution is -2.13. The molecule has 1 N–H and O–H groups in total. The minimum absolute atomic E-state index is 0.228. The fourth-order valence-corrected chi connectivity index (χ4v) is 4.61. The van der Waals surface area contributed by atoms with Gasteiger partial charge in [-0.2, -0.15) is 0 Å². The van der Waals surface area contributed by atoms with E-state index in [1.54, 1.807) is 30.3 Å². The maximum Gasteiger partial charge on any atom is 0.261 e. The average molecular weight is 470 g/mol. The van der Waals surface area contributed by atoms with Gasteiger partial charge in [-0.1, -0.05) is 40.2 Å². The third-order valence-corrected chi connectivity index (χ3v) is 6.75. The number of nitrogens with zero attached hydrogens (tertiary/aromatic N) is 2. The number of sulfonamides is 1. The van der Waals surface area contributed by atoms with Gasteiger partial charge in [-0.3, -0.25) is 4.72 Å². The molecule has 0 bridgehead atoms. The Kier molecular flexibility index (Phi) is 5.43. The van der Waals surface area contributed by atoms with Crippen LogP contribution in [0.5, 0.6) is 0 Å². The van der Waals surface area contributed by atoms with Crippen LogP contribution in [0.1, 0.15) is 11.4 Å². The maximum absolute atomic E-state index is 12.6. The molecule has 7 heteroatoms. The second-order valence-electron chi connectivity index (χ2n) is 6.84. The second kappa shape index (κ2) is 8.00. The maximum atomic E-state index is 12.6. The average Bonchev–Trinajstić information content (AvgIpc) is 3.03. The standard InChI is InChI=1S/C22H20BrN3O2S/c1-26-21-8-3-2-7-20(21)24-22(26)14-9-16-5-4-6-18(15-16)25-29(27,28)19-12-10-17(23)11-13-19/h2-8,10-13,15,25H,9,14H2,1H3. The summed E-state index contributed by atoms with van der Waals surface area (Å²) in [5, 5.41) is 0. The van der Waals surface area contributed by atoms with E-state index in [9.17, 15) is 8.42 Å². The first-order chi connectivity index (χ1) is 13.9. The largest absolute Gasteiger partial charge is 0.331 e. The monoisotopic (exact) mass is 469 g/mol. The van der Waals surface area contributed by atoms with Crippen LogP contribution in [0.25, 0.3) is 11.0 Å². The summed E-state index contributed by atoms with van der Waals surface area (Å²) in [5.41, 5.74) is 3.70. The molecule has 0 fully saturated rings. The summed E-state index contributed by atoms with van der Waals surface area (Å²) in [4.78, 5) is 4.93. The number of anilines is 1. The van der Waals surface area contributed by atoms with Crippen molar-refractivity contribution in [3.05, 3.63) is 88.7 Å². The lowest BCUT2D eigenvalue weighted by molar-refractivity contribution is 0.601. The number of hydrogen-bond donors (Lipinski definition) is 1. The summed E-state index contributed by atoms with van der Waals surface area (Å²) in [5.74, 6) is 1.01. The van der Waals surface area contributed by atoms with Crippen molar-refractivity contribution in [2.24, 2.45) is 7.05 Å². The smallest absolute Gasteiger partial charge is 0.261 e. The van der Waals surface area contributed by atoms with Crippen LogP contribution < -0.4 is 4.72 Å². The molecule has 0 unspecified atom stereocenters. The summed E-state index contributed by atoms with van der Waals surface area (Å²) in [7, 11) is -1.60. The van der Waals surface area contributed by atoms with Crippen molar-refractivity contribution in [3.8, 4) is 0 Å². The zero-order valence-corrected chi connectivity index (χ0v) is 18.2. The number of nitrogens with one attached hydrogen (secondary N) is 1. The molecule has 0 spiro atoms. The van der Waals surface area contributed by atoms with Crippen LogP contribution in [0.2, 0.25) is 0 Å². The number of rotatable bonds is 6. The van der Waals surface area contributed by atoms with Gasteiger partial charge in [0.15, 0.2) is 0 Å². The third kappa shape index (κ3) is 4.36. The molecule has 1 aromatic heterocycles. The van der Waals surface area contributed by atoms with Crippen LogP contribution in [0.3, 0.4) is 0 Å². The van der Waals surface area contributed by atoms with E-state index in [2.05, 4.69) is 31.3 Å². The summed E-state index contributed by atoms with van der Waals surface area (Å²) in [6.45, 7) is 0. The van der Waals surface area contributed by atoms with E-state index in [0.717, 1.165) is 39.7 Å². The number of imidazole rings is 1. The Morgan fingerprint density at radius 3 is 2.48 bits per heavy atom. The summed E-state index contributed by atoms with van der Waals surface area (Å²) in [6.07, 6.45) is 1.54. The highest BCUT2D eigenvalue weighted by Gasteiger charge is 2.14. The molecule has 5 nitrogen and oxygen atoms in total. The predicted molar refractivity (Wildman–Crippen MR) is 120 cm³/mol. The van der Waals surface area contributed by atoms with Crippen molar-refractivity contribution < 1.29 is 8.42 Å². The quantitative estimate of drug-likeness (QED) is 0.435. The highest BCUT2D eigenvalue weighted by molar-refractivity contribution is 9.10. The highest BCUT2D eigenvalue weighted by Crippen LogP contribution is 2.21. The number of halogens is 1.